The van der Waals surface area contributed by atoms with E-state index in [0.717, 1.165) is 16.0 Å². The molecule has 1 aliphatic rings. The molecule has 4 rings (SSSR count). The maximum absolute atomic E-state index is 13.2. The lowest BCUT2D eigenvalue weighted by atomic mass is 9.99. The molecule has 1 atom stereocenters. The highest BCUT2D eigenvalue weighted by Gasteiger charge is 2.47. The number of thiophene rings is 1. The fourth-order valence-electron chi connectivity index (χ4n) is 3.99. The molecule has 1 fully saturated rings. The largest absolute Gasteiger partial charge is 0.507 e. The zero-order valence-electron chi connectivity index (χ0n) is 17.9. The third kappa shape index (κ3) is 3.92. The van der Waals surface area contributed by atoms with Crippen LogP contribution in [0.25, 0.3) is 5.76 Å². The molecule has 2 aromatic carbocycles. The van der Waals surface area contributed by atoms with E-state index in [0.29, 0.717) is 18.0 Å². The lowest BCUT2D eigenvalue weighted by molar-refractivity contribution is -0.132. The number of carbonyl (C=O) groups excluding carboxylic acids is 2. The van der Waals surface area contributed by atoms with Gasteiger partial charge in [-0.15, -0.1) is 11.3 Å². The van der Waals surface area contributed by atoms with E-state index in [1.165, 1.54) is 16.2 Å². The first-order valence-corrected chi connectivity index (χ1v) is 11.4. The summed E-state index contributed by atoms with van der Waals surface area (Å²) in [6.45, 7) is 6.16. The Labute approximate surface area is 195 Å². The summed E-state index contributed by atoms with van der Waals surface area (Å²) in [5, 5.41) is 13.4. The highest BCUT2D eigenvalue weighted by atomic mass is 35.5. The summed E-state index contributed by atoms with van der Waals surface area (Å²) in [6.07, 6.45) is 0. The van der Waals surface area contributed by atoms with Gasteiger partial charge in [0.2, 0.25) is 0 Å². The smallest absolute Gasteiger partial charge is 0.300 e. The van der Waals surface area contributed by atoms with E-state index in [2.05, 4.69) is 0 Å². The number of ketones is 1. The number of anilines is 1. The van der Waals surface area contributed by atoms with E-state index in [9.17, 15) is 14.7 Å². The number of nitrogens with zero attached hydrogens (tertiary/aromatic N) is 1. The molecule has 1 saturated heterocycles. The number of aliphatic hydroxyl groups excluding tert-OH is 1. The van der Waals surface area contributed by atoms with Crippen molar-refractivity contribution in [2.75, 3.05) is 11.5 Å². The summed E-state index contributed by atoms with van der Waals surface area (Å²) >= 11 is 7.78. The van der Waals surface area contributed by atoms with Crippen LogP contribution in [-0.4, -0.2) is 23.4 Å². The topological polar surface area (TPSA) is 66.8 Å². The van der Waals surface area contributed by atoms with E-state index in [1.54, 1.807) is 18.2 Å². The molecule has 0 spiro atoms. The number of amides is 1. The Morgan fingerprint density at radius 2 is 1.84 bits per heavy atom. The van der Waals surface area contributed by atoms with Crippen LogP contribution in [0.5, 0.6) is 5.75 Å². The Kier molecular flexibility index (Phi) is 6.09. The third-order valence-corrected chi connectivity index (χ3v) is 6.50. The van der Waals surface area contributed by atoms with E-state index in [4.69, 9.17) is 16.3 Å². The minimum Gasteiger partial charge on any atom is -0.507 e. The van der Waals surface area contributed by atoms with E-state index < -0.39 is 17.7 Å². The molecule has 1 amide bonds. The van der Waals surface area contributed by atoms with Crippen LogP contribution >= 0.6 is 22.9 Å². The van der Waals surface area contributed by atoms with Crippen LogP contribution in [-0.2, 0) is 9.59 Å². The van der Waals surface area contributed by atoms with Gasteiger partial charge in [-0.25, -0.2) is 0 Å². The maximum Gasteiger partial charge on any atom is 0.300 e. The summed E-state index contributed by atoms with van der Waals surface area (Å²) in [5.74, 6) is -1.25. The zero-order valence-corrected chi connectivity index (χ0v) is 19.5. The van der Waals surface area contributed by atoms with Crippen molar-refractivity contribution < 1.29 is 19.4 Å². The predicted molar refractivity (Wildman–Crippen MR) is 128 cm³/mol. The van der Waals surface area contributed by atoms with Crippen molar-refractivity contribution >= 4 is 46.1 Å². The Hall–Kier alpha value is -3.09. The molecule has 2 heterocycles. The molecular formula is C25H22ClNO4S. The second-order valence-corrected chi connectivity index (χ2v) is 8.99. The number of ether oxygens (including phenoxy) is 1. The first-order valence-electron chi connectivity index (χ1n) is 10.2. The van der Waals surface area contributed by atoms with Gasteiger partial charge < -0.3 is 9.84 Å². The fraction of sp³-hybridized carbons (Fsp3) is 0.200. The predicted octanol–water partition coefficient (Wildman–Crippen LogP) is 6.04. The number of halogens is 1. The minimum absolute atomic E-state index is 0.00663. The van der Waals surface area contributed by atoms with Crippen LogP contribution < -0.4 is 9.64 Å². The molecule has 0 aliphatic carbocycles. The molecule has 0 radical (unpaired) electrons. The SMILES string of the molecule is CCOc1ccc(Cl)c(/C(O)=C2/C(=O)C(=O)N(c3cc(C)cc(C)c3)C2c2cccs2)c1. The van der Waals surface area contributed by atoms with Gasteiger partial charge in [-0.1, -0.05) is 23.7 Å². The number of aliphatic hydroxyl groups is 1. The molecule has 1 aliphatic heterocycles. The average Bonchev–Trinajstić information content (AvgIpc) is 3.35. The molecule has 0 saturated carbocycles. The molecule has 7 heteroatoms. The Morgan fingerprint density at radius 3 is 2.47 bits per heavy atom. The maximum atomic E-state index is 13.2. The van der Waals surface area contributed by atoms with Gasteiger partial charge in [-0.3, -0.25) is 14.5 Å². The van der Waals surface area contributed by atoms with Crippen LogP contribution in [0.15, 0.2) is 59.5 Å². The monoisotopic (exact) mass is 467 g/mol. The van der Waals surface area contributed by atoms with Gasteiger partial charge in [-0.2, -0.15) is 0 Å². The van der Waals surface area contributed by atoms with E-state index in [-0.39, 0.29) is 21.9 Å². The molecular weight excluding hydrogens is 446 g/mol. The first kappa shape index (κ1) is 22.1. The normalized spacial score (nSPS) is 17.8. The summed E-state index contributed by atoms with van der Waals surface area (Å²) in [5.41, 5.74) is 2.81. The van der Waals surface area contributed by atoms with Crippen LogP contribution in [0, 0.1) is 13.8 Å². The van der Waals surface area contributed by atoms with Crippen LogP contribution in [0.3, 0.4) is 0 Å². The Morgan fingerprint density at radius 1 is 1.12 bits per heavy atom. The van der Waals surface area contributed by atoms with Gasteiger partial charge >= 0.3 is 0 Å². The molecule has 164 valence electrons. The molecule has 1 unspecified atom stereocenters. The minimum atomic E-state index is -0.761. The standard InChI is InChI=1S/C25H22ClNO4S/c1-4-31-17-7-8-19(26)18(13-17)23(28)21-22(20-6-5-9-32-20)27(25(30)24(21)29)16-11-14(2)10-15(3)12-16/h5-13,22,28H,4H2,1-3H3/b23-21-. The molecule has 32 heavy (non-hydrogen) atoms. The second-order valence-electron chi connectivity index (χ2n) is 7.61. The fourth-order valence-corrected chi connectivity index (χ4v) is 5.02. The van der Waals surface area contributed by atoms with Crippen molar-refractivity contribution in [1.82, 2.24) is 0 Å². The van der Waals surface area contributed by atoms with Crippen molar-refractivity contribution in [2.24, 2.45) is 0 Å². The van der Waals surface area contributed by atoms with Crippen LogP contribution in [0.4, 0.5) is 5.69 Å². The van der Waals surface area contributed by atoms with Crippen LogP contribution in [0.2, 0.25) is 5.02 Å². The lowest BCUT2D eigenvalue weighted by Crippen LogP contribution is -2.29. The van der Waals surface area contributed by atoms with E-state index >= 15 is 0 Å². The van der Waals surface area contributed by atoms with Gasteiger partial charge in [0.05, 0.1) is 17.2 Å². The van der Waals surface area contributed by atoms with E-state index in [1.807, 2.05) is 56.5 Å². The number of carbonyl (C=O) groups is 2. The van der Waals surface area contributed by atoms with Gasteiger partial charge in [0, 0.05) is 16.1 Å². The Bertz CT molecular complexity index is 1210. The molecule has 5 nitrogen and oxygen atoms in total. The zero-order chi connectivity index (χ0) is 23.0. The lowest BCUT2D eigenvalue weighted by Gasteiger charge is -2.25. The average molecular weight is 468 g/mol. The van der Waals surface area contributed by atoms with Gasteiger partial charge in [0.1, 0.15) is 17.6 Å². The van der Waals surface area contributed by atoms with Crippen molar-refractivity contribution in [1.29, 1.82) is 0 Å². The highest BCUT2D eigenvalue weighted by molar-refractivity contribution is 7.10. The number of aryl methyl sites for hydroxylation is 2. The molecule has 0 bridgehead atoms. The first-order chi connectivity index (χ1) is 15.3. The summed E-state index contributed by atoms with van der Waals surface area (Å²) < 4.78 is 5.53. The highest BCUT2D eigenvalue weighted by Crippen LogP contribution is 2.44. The molecule has 3 aromatic rings. The summed E-state index contributed by atoms with van der Waals surface area (Å²) in [4.78, 5) is 28.7. The molecule has 1 aromatic heterocycles. The van der Waals surface area contributed by atoms with Crippen LogP contribution in [0.1, 0.15) is 34.5 Å². The number of Topliss-reactive ketones (excluding diaryl/α,β-unsaturated/α-hetero) is 1. The summed E-state index contributed by atoms with van der Waals surface area (Å²) in [6, 6.07) is 13.5. The molecule has 1 N–H and O–H groups in total. The Balaban J connectivity index is 1.94. The van der Waals surface area contributed by atoms with Gasteiger partial charge in [-0.05, 0) is 73.7 Å². The second kappa shape index (κ2) is 8.81. The van der Waals surface area contributed by atoms with Gasteiger partial charge in [0.25, 0.3) is 11.7 Å². The quantitative estimate of drug-likeness (QED) is 0.282. The van der Waals surface area contributed by atoms with Crippen molar-refractivity contribution in [3.8, 4) is 5.75 Å². The van der Waals surface area contributed by atoms with Crippen molar-refractivity contribution in [3.63, 3.8) is 0 Å². The van der Waals surface area contributed by atoms with Gasteiger partial charge in [0.15, 0.2) is 0 Å². The van der Waals surface area contributed by atoms with Crippen molar-refractivity contribution in [3.05, 3.63) is 86.1 Å². The number of hydrogen-bond donors (Lipinski definition) is 1. The summed E-state index contributed by atoms with van der Waals surface area (Å²) in [7, 11) is 0. The number of hydrogen-bond acceptors (Lipinski definition) is 5. The number of benzene rings is 2. The number of rotatable bonds is 5. The third-order valence-electron chi connectivity index (χ3n) is 5.25. The van der Waals surface area contributed by atoms with Crippen molar-refractivity contribution in [2.45, 2.75) is 26.8 Å².